The maximum atomic E-state index is 15.2. The lowest BCUT2D eigenvalue weighted by Crippen LogP contribution is -2.30. The number of H-pyrrole nitrogens is 1. The first-order valence-corrected chi connectivity index (χ1v) is 13.4. The Morgan fingerprint density at radius 2 is 1.92 bits per heavy atom. The molecule has 7 nitrogen and oxygen atoms in total. The zero-order chi connectivity index (χ0) is 26.5. The van der Waals surface area contributed by atoms with Crippen molar-refractivity contribution in [1.29, 1.82) is 0 Å². The molecule has 4 aromatic rings. The van der Waals surface area contributed by atoms with Gasteiger partial charge in [-0.3, -0.25) is 10.1 Å². The van der Waals surface area contributed by atoms with E-state index in [1.54, 1.807) is 24.5 Å². The fourth-order valence-corrected chi connectivity index (χ4v) is 5.11. The normalized spacial score (nSPS) is 15.5. The lowest BCUT2D eigenvalue weighted by Gasteiger charge is -2.22. The molecule has 1 atom stereocenters. The number of fused-ring (bicyclic) bond motifs is 1. The Hall–Kier alpha value is -3.20. The van der Waals surface area contributed by atoms with E-state index >= 15 is 4.39 Å². The molecule has 4 heterocycles. The Morgan fingerprint density at radius 3 is 2.63 bits per heavy atom. The SMILES string of the molecule is CC[C@@H](Oc1ccc2n[nH]c(/C=C(\F)c3ccc(OCC4CCNCC4)nc3)c2c1)c1c(Cl)cncc1Cl. The highest BCUT2D eigenvalue weighted by molar-refractivity contribution is 6.35. The standard InChI is InChI=1S/C28H28Cl2FN5O2/c1-2-26(28-21(29)14-33-15-22(28)30)38-19-4-5-24-20(11-19)25(36-35-24)12-23(31)18-3-6-27(34-13-18)37-16-17-7-9-32-10-8-17/h3-6,11-15,17,26,32H,2,7-10,16H2,1H3,(H,35,36)/b23-12-/t26-/m1/s1. The minimum Gasteiger partial charge on any atom is -0.486 e. The molecule has 3 aromatic heterocycles. The number of aromatic nitrogens is 4. The van der Waals surface area contributed by atoms with Gasteiger partial charge in [0, 0.05) is 47.2 Å². The van der Waals surface area contributed by atoms with Gasteiger partial charge in [0.1, 0.15) is 17.7 Å². The predicted molar refractivity (Wildman–Crippen MR) is 148 cm³/mol. The molecule has 10 heteroatoms. The van der Waals surface area contributed by atoms with E-state index in [2.05, 4.69) is 25.5 Å². The summed E-state index contributed by atoms with van der Waals surface area (Å²) < 4.78 is 27.2. The van der Waals surface area contributed by atoms with Crippen molar-refractivity contribution >= 4 is 46.0 Å². The molecular weight excluding hydrogens is 528 g/mol. The van der Waals surface area contributed by atoms with Crippen molar-refractivity contribution in [3.05, 3.63) is 75.8 Å². The Kier molecular flexibility index (Phi) is 8.42. The molecule has 1 aromatic carbocycles. The maximum absolute atomic E-state index is 15.2. The first-order chi connectivity index (χ1) is 18.5. The van der Waals surface area contributed by atoms with Crippen LogP contribution >= 0.6 is 23.2 Å². The molecule has 0 saturated carbocycles. The van der Waals surface area contributed by atoms with E-state index in [9.17, 15) is 0 Å². The van der Waals surface area contributed by atoms with Crippen LogP contribution in [0.4, 0.5) is 4.39 Å². The minimum atomic E-state index is -0.443. The van der Waals surface area contributed by atoms with Crippen LogP contribution in [0.2, 0.25) is 10.0 Å². The molecule has 1 aliphatic heterocycles. The minimum absolute atomic E-state index is 0.349. The van der Waals surface area contributed by atoms with Gasteiger partial charge in [-0.25, -0.2) is 9.37 Å². The Balaban J connectivity index is 1.31. The fraction of sp³-hybridized carbons (Fsp3) is 0.321. The van der Waals surface area contributed by atoms with E-state index in [0.29, 0.717) is 68.3 Å². The molecule has 38 heavy (non-hydrogen) atoms. The second kappa shape index (κ2) is 12.1. The van der Waals surface area contributed by atoms with Crippen molar-refractivity contribution < 1.29 is 13.9 Å². The molecule has 0 unspecified atom stereocenters. The summed E-state index contributed by atoms with van der Waals surface area (Å²) in [5, 5.41) is 12.1. The third-order valence-corrected chi connectivity index (χ3v) is 7.23. The molecule has 0 radical (unpaired) electrons. The highest BCUT2D eigenvalue weighted by Crippen LogP contribution is 2.35. The Labute approximate surface area is 230 Å². The number of hydrogen-bond donors (Lipinski definition) is 2. The number of nitrogens with zero attached hydrogens (tertiary/aromatic N) is 3. The van der Waals surface area contributed by atoms with E-state index in [1.165, 1.54) is 12.3 Å². The summed E-state index contributed by atoms with van der Waals surface area (Å²) in [5.41, 5.74) is 2.23. The van der Waals surface area contributed by atoms with Crippen LogP contribution in [0.25, 0.3) is 22.8 Å². The molecule has 0 bridgehead atoms. The first-order valence-electron chi connectivity index (χ1n) is 12.6. The summed E-state index contributed by atoms with van der Waals surface area (Å²) in [5.74, 6) is 1.15. The largest absolute Gasteiger partial charge is 0.486 e. The van der Waals surface area contributed by atoms with Crippen molar-refractivity contribution in [3.63, 3.8) is 0 Å². The molecule has 0 spiro atoms. The molecule has 0 aliphatic carbocycles. The molecule has 2 N–H and O–H groups in total. The highest BCUT2D eigenvalue weighted by atomic mass is 35.5. The molecular formula is C28H28Cl2FN5O2. The lowest BCUT2D eigenvalue weighted by molar-refractivity contribution is 0.201. The number of halogens is 3. The van der Waals surface area contributed by atoms with Crippen LogP contribution in [0.1, 0.15) is 49.1 Å². The van der Waals surface area contributed by atoms with Gasteiger partial charge in [-0.2, -0.15) is 5.10 Å². The Morgan fingerprint density at radius 1 is 1.13 bits per heavy atom. The van der Waals surface area contributed by atoms with E-state index < -0.39 is 5.83 Å². The second-order valence-corrected chi connectivity index (χ2v) is 10.0. The van der Waals surface area contributed by atoms with E-state index in [1.807, 2.05) is 25.1 Å². The fourth-order valence-electron chi connectivity index (χ4n) is 4.50. The number of nitrogens with one attached hydrogen (secondary N) is 2. The summed E-state index contributed by atoms with van der Waals surface area (Å²) in [7, 11) is 0. The van der Waals surface area contributed by atoms with Crippen LogP contribution in [0.5, 0.6) is 11.6 Å². The number of aromatic amines is 1. The van der Waals surface area contributed by atoms with Crippen molar-refractivity contribution in [1.82, 2.24) is 25.5 Å². The smallest absolute Gasteiger partial charge is 0.213 e. The average molecular weight is 556 g/mol. The van der Waals surface area contributed by atoms with Crippen molar-refractivity contribution in [2.24, 2.45) is 5.92 Å². The molecule has 5 rings (SSSR count). The zero-order valence-electron chi connectivity index (χ0n) is 20.9. The monoisotopic (exact) mass is 555 g/mol. The predicted octanol–water partition coefficient (Wildman–Crippen LogP) is 7.04. The van der Waals surface area contributed by atoms with Gasteiger partial charge in [0.2, 0.25) is 5.88 Å². The lowest BCUT2D eigenvalue weighted by atomic mass is 9.99. The number of hydrogen-bond acceptors (Lipinski definition) is 6. The van der Waals surface area contributed by atoms with Crippen molar-refractivity contribution in [3.8, 4) is 11.6 Å². The van der Waals surface area contributed by atoms with Gasteiger partial charge in [-0.15, -0.1) is 0 Å². The third kappa shape index (κ3) is 6.09. The summed E-state index contributed by atoms with van der Waals surface area (Å²) in [6.45, 7) is 4.63. The quantitative estimate of drug-likeness (QED) is 0.230. The summed E-state index contributed by atoms with van der Waals surface area (Å²) in [4.78, 5) is 8.30. The Bertz CT molecular complexity index is 1400. The molecule has 1 saturated heterocycles. The van der Waals surface area contributed by atoms with E-state index in [4.69, 9.17) is 32.7 Å². The summed E-state index contributed by atoms with van der Waals surface area (Å²) in [6, 6.07) is 8.80. The van der Waals surface area contributed by atoms with Crippen LogP contribution in [0, 0.1) is 5.92 Å². The van der Waals surface area contributed by atoms with Gasteiger partial charge in [0.15, 0.2) is 0 Å². The molecule has 1 fully saturated rings. The van der Waals surface area contributed by atoms with Crippen LogP contribution < -0.4 is 14.8 Å². The van der Waals surface area contributed by atoms with Gasteiger partial charge < -0.3 is 14.8 Å². The molecule has 1 aliphatic rings. The van der Waals surface area contributed by atoms with E-state index in [-0.39, 0.29) is 6.10 Å². The topological polar surface area (TPSA) is 85.0 Å². The third-order valence-electron chi connectivity index (χ3n) is 6.63. The number of ether oxygens (including phenoxy) is 2. The highest BCUT2D eigenvalue weighted by Gasteiger charge is 2.20. The zero-order valence-corrected chi connectivity index (χ0v) is 22.4. The summed E-state index contributed by atoms with van der Waals surface area (Å²) in [6.07, 6.45) is 8.40. The van der Waals surface area contributed by atoms with Crippen molar-refractivity contribution in [2.45, 2.75) is 32.3 Å². The van der Waals surface area contributed by atoms with Crippen LogP contribution in [-0.2, 0) is 0 Å². The molecule has 0 amide bonds. The van der Waals surface area contributed by atoms with Crippen LogP contribution in [-0.4, -0.2) is 39.9 Å². The molecule has 198 valence electrons. The number of rotatable bonds is 9. The maximum Gasteiger partial charge on any atom is 0.213 e. The van der Waals surface area contributed by atoms with Crippen molar-refractivity contribution in [2.75, 3.05) is 19.7 Å². The van der Waals surface area contributed by atoms with Gasteiger partial charge >= 0.3 is 0 Å². The average Bonchev–Trinajstić information content (AvgIpc) is 3.33. The first kappa shape index (κ1) is 26.4. The van der Waals surface area contributed by atoms with Gasteiger partial charge in [-0.05, 0) is 62.5 Å². The van der Waals surface area contributed by atoms with Gasteiger partial charge in [0.25, 0.3) is 0 Å². The number of pyridine rings is 2. The van der Waals surface area contributed by atoms with Gasteiger partial charge in [0.05, 0.1) is 27.9 Å². The van der Waals surface area contributed by atoms with Crippen LogP contribution in [0.15, 0.2) is 48.9 Å². The summed E-state index contributed by atoms with van der Waals surface area (Å²) >= 11 is 12.7. The van der Waals surface area contributed by atoms with Crippen LogP contribution in [0.3, 0.4) is 0 Å². The second-order valence-electron chi connectivity index (χ2n) is 9.23. The van der Waals surface area contributed by atoms with E-state index in [0.717, 1.165) is 25.9 Å². The number of piperidine rings is 1. The number of benzene rings is 1. The van der Waals surface area contributed by atoms with Gasteiger partial charge in [-0.1, -0.05) is 30.1 Å².